The second-order valence-electron chi connectivity index (χ2n) is 6.86. The van der Waals surface area contributed by atoms with Gasteiger partial charge in [-0.05, 0) is 25.0 Å². The second kappa shape index (κ2) is 11.0. The van der Waals surface area contributed by atoms with Gasteiger partial charge in [-0.3, -0.25) is 4.99 Å². The van der Waals surface area contributed by atoms with Gasteiger partial charge in [0.2, 0.25) is 11.7 Å². The summed E-state index contributed by atoms with van der Waals surface area (Å²) in [6.45, 7) is 1.76. The van der Waals surface area contributed by atoms with Crippen LogP contribution in [0.5, 0.6) is 0 Å². The Kier molecular flexibility index (Phi) is 8.11. The molecule has 1 heterocycles. The van der Waals surface area contributed by atoms with Gasteiger partial charge in [-0.15, -0.1) is 0 Å². The van der Waals surface area contributed by atoms with Gasteiger partial charge in [0.05, 0.1) is 19.3 Å². The van der Waals surface area contributed by atoms with Crippen LogP contribution in [0.15, 0.2) is 33.8 Å². The largest absolute Gasteiger partial charge is 0.376 e. The molecule has 1 aromatic heterocycles. The smallest absolute Gasteiger partial charge is 0.246 e. The maximum atomic E-state index is 6.01. The fourth-order valence-electron chi connectivity index (χ4n) is 3.26. The molecule has 0 saturated heterocycles. The highest BCUT2D eigenvalue weighted by Gasteiger charge is 2.12. The molecule has 0 radical (unpaired) electrons. The zero-order valence-corrected chi connectivity index (χ0v) is 17.0. The van der Waals surface area contributed by atoms with Crippen LogP contribution < -0.4 is 10.6 Å². The lowest BCUT2D eigenvalue weighted by atomic mass is 10.1. The zero-order valence-electron chi connectivity index (χ0n) is 16.3. The fraction of sp³-hybridized carbons (Fsp3) is 0.550. The van der Waals surface area contributed by atoms with Crippen molar-refractivity contribution in [1.29, 1.82) is 0 Å². The molecule has 28 heavy (non-hydrogen) atoms. The van der Waals surface area contributed by atoms with Gasteiger partial charge in [0, 0.05) is 24.2 Å². The summed E-state index contributed by atoms with van der Waals surface area (Å²) < 4.78 is 11.3. The minimum Gasteiger partial charge on any atom is -0.376 e. The number of aliphatic imine (C=N–C) groups is 1. The minimum atomic E-state index is 0.386. The number of rotatable bonds is 7. The quantitative estimate of drug-likeness (QED) is 0.315. The third-order valence-electron chi connectivity index (χ3n) is 4.73. The van der Waals surface area contributed by atoms with E-state index in [-0.39, 0.29) is 0 Å². The molecule has 1 aliphatic rings. The Bertz CT molecular complexity index is 757. The van der Waals surface area contributed by atoms with Crippen molar-refractivity contribution in [1.82, 2.24) is 20.8 Å². The van der Waals surface area contributed by atoms with Crippen LogP contribution in [0.4, 0.5) is 0 Å². The van der Waals surface area contributed by atoms with Gasteiger partial charge in [-0.25, -0.2) is 0 Å². The molecule has 0 atom stereocenters. The lowest BCUT2D eigenvalue weighted by molar-refractivity contribution is 0.0468. The minimum absolute atomic E-state index is 0.386. The van der Waals surface area contributed by atoms with Crippen molar-refractivity contribution in [2.24, 2.45) is 4.99 Å². The van der Waals surface area contributed by atoms with E-state index in [2.05, 4.69) is 25.8 Å². The van der Waals surface area contributed by atoms with Crippen LogP contribution in [0.1, 0.15) is 44.4 Å². The molecule has 7 nitrogen and oxygen atoms in total. The second-order valence-corrected chi connectivity index (χ2v) is 7.30. The van der Waals surface area contributed by atoms with E-state index in [1.807, 2.05) is 18.2 Å². The predicted molar refractivity (Wildman–Crippen MR) is 110 cm³/mol. The maximum Gasteiger partial charge on any atom is 0.246 e. The van der Waals surface area contributed by atoms with Crippen LogP contribution in [-0.4, -0.2) is 42.4 Å². The van der Waals surface area contributed by atoms with E-state index in [9.17, 15) is 0 Å². The molecule has 0 unspecified atom stereocenters. The first-order valence-corrected chi connectivity index (χ1v) is 10.3. The van der Waals surface area contributed by atoms with Crippen molar-refractivity contribution in [2.75, 3.05) is 20.2 Å². The van der Waals surface area contributed by atoms with Crippen LogP contribution in [0.25, 0.3) is 11.4 Å². The molecule has 3 rings (SSSR count). The Morgan fingerprint density at radius 2 is 2.07 bits per heavy atom. The Hall–Kier alpha value is -2.12. The number of hydrogen-bond acceptors (Lipinski definition) is 5. The van der Waals surface area contributed by atoms with Crippen molar-refractivity contribution in [3.63, 3.8) is 0 Å². The molecule has 0 spiro atoms. The zero-order chi connectivity index (χ0) is 19.6. The van der Waals surface area contributed by atoms with Gasteiger partial charge in [-0.1, -0.05) is 54.6 Å². The molecule has 8 heteroatoms. The molecule has 0 aliphatic heterocycles. The fourth-order valence-corrected chi connectivity index (χ4v) is 3.45. The number of benzene rings is 1. The molecule has 2 aromatic rings. The van der Waals surface area contributed by atoms with Crippen molar-refractivity contribution in [3.8, 4) is 11.4 Å². The summed E-state index contributed by atoms with van der Waals surface area (Å²) in [6.07, 6.45) is 8.00. The number of hydrogen-bond donors (Lipinski definition) is 2. The Morgan fingerprint density at radius 3 is 2.82 bits per heavy atom. The number of halogens is 1. The van der Waals surface area contributed by atoms with E-state index in [1.54, 1.807) is 13.1 Å². The molecule has 152 valence electrons. The molecular formula is C20H28ClN5O2. The molecule has 2 N–H and O–H groups in total. The van der Waals surface area contributed by atoms with Crippen LogP contribution in [-0.2, 0) is 11.3 Å². The molecule has 1 aromatic carbocycles. The van der Waals surface area contributed by atoms with Crippen LogP contribution in [0.2, 0.25) is 5.02 Å². The van der Waals surface area contributed by atoms with E-state index >= 15 is 0 Å². The average molecular weight is 406 g/mol. The van der Waals surface area contributed by atoms with E-state index < -0.39 is 0 Å². The number of ether oxygens (including phenoxy) is 1. The van der Waals surface area contributed by atoms with E-state index in [0.29, 0.717) is 48.5 Å². The van der Waals surface area contributed by atoms with Crippen molar-refractivity contribution in [3.05, 3.63) is 35.2 Å². The monoisotopic (exact) mass is 405 g/mol. The standard InChI is InChI=1S/C20H28ClN5O2/c1-22-20(23-11-12-27-17-9-4-2-3-5-10-17)24-14-18-25-19(26-28-18)15-7-6-8-16(21)13-15/h6-8,13,17H,2-5,9-12,14H2,1H3,(H2,22,23,24). The Morgan fingerprint density at radius 1 is 1.25 bits per heavy atom. The molecule has 0 bridgehead atoms. The third-order valence-corrected chi connectivity index (χ3v) is 4.97. The summed E-state index contributed by atoms with van der Waals surface area (Å²) in [4.78, 5) is 8.60. The highest BCUT2D eigenvalue weighted by Crippen LogP contribution is 2.20. The van der Waals surface area contributed by atoms with Gasteiger partial charge in [-0.2, -0.15) is 4.98 Å². The van der Waals surface area contributed by atoms with E-state index in [0.717, 1.165) is 5.56 Å². The van der Waals surface area contributed by atoms with Gasteiger partial charge >= 0.3 is 0 Å². The summed E-state index contributed by atoms with van der Waals surface area (Å²) in [7, 11) is 1.73. The Labute approximate surface area is 170 Å². The highest BCUT2D eigenvalue weighted by atomic mass is 35.5. The van der Waals surface area contributed by atoms with Gasteiger partial charge in [0.25, 0.3) is 0 Å². The summed E-state index contributed by atoms with van der Waals surface area (Å²) in [5, 5.41) is 11.1. The summed E-state index contributed by atoms with van der Waals surface area (Å²) >= 11 is 6.01. The normalized spacial score (nSPS) is 16.0. The number of nitrogens with zero attached hydrogens (tertiary/aromatic N) is 3. The predicted octanol–water partition coefficient (Wildman–Crippen LogP) is 3.79. The van der Waals surface area contributed by atoms with Crippen molar-refractivity contribution >= 4 is 17.6 Å². The third kappa shape index (κ3) is 6.49. The molecule has 1 fully saturated rings. The maximum absolute atomic E-state index is 6.01. The highest BCUT2D eigenvalue weighted by molar-refractivity contribution is 6.30. The van der Waals surface area contributed by atoms with Crippen molar-refractivity contribution < 1.29 is 9.26 Å². The lowest BCUT2D eigenvalue weighted by Gasteiger charge is -2.16. The Balaban J connectivity index is 1.39. The van der Waals surface area contributed by atoms with Crippen LogP contribution in [0, 0.1) is 0 Å². The molecule has 1 aliphatic carbocycles. The number of guanidine groups is 1. The summed E-state index contributed by atoms with van der Waals surface area (Å²) in [5.41, 5.74) is 0.820. The van der Waals surface area contributed by atoms with E-state index in [4.69, 9.17) is 20.9 Å². The number of nitrogens with one attached hydrogen (secondary N) is 2. The lowest BCUT2D eigenvalue weighted by Crippen LogP contribution is -2.39. The summed E-state index contributed by atoms with van der Waals surface area (Å²) in [5.74, 6) is 1.67. The van der Waals surface area contributed by atoms with Crippen LogP contribution in [0.3, 0.4) is 0 Å². The molecule has 0 amide bonds. The van der Waals surface area contributed by atoms with Crippen LogP contribution >= 0.6 is 11.6 Å². The first-order chi connectivity index (χ1) is 13.7. The van der Waals surface area contributed by atoms with Gasteiger partial charge in [0.15, 0.2) is 5.96 Å². The number of aromatic nitrogens is 2. The average Bonchev–Trinajstić information content (AvgIpc) is 3.03. The molecule has 1 saturated carbocycles. The SMILES string of the molecule is CN=C(NCCOC1CCCCCC1)NCc1nc(-c2cccc(Cl)c2)no1. The molecular weight excluding hydrogens is 378 g/mol. The van der Waals surface area contributed by atoms with Gasteiger partial charge in [0.1, 0.15) is 0 Å². The van der Waals surface area contributed by atoms with Crippen molar-refractivity contribution in [2.45, 2.75) is 51.2 Å². The first-order valence-electron chi connectivity index (χ1n) is 9.89. The summed E-state index contributed by atoms with van der Waals surface area (Å²) in [6, 6.07) is 7.36. The van der Waals surface area contributed by atoms with Gasteiger partial charge < -0.3 is 19.9 Å². The van der Waals surface area contributed by atoms with E-state index in [1.165, 1.54) is 38.5 Å². The topological polar surface area (TPSA) is 84.6 Å². The first kappa shape index (κ1) is 20.6.